The summed E-state index contributed by atoms with van der Waals surface area (Å²) in [6.07, 6.45) is -0.273. The zero-order valence-electron chi connectivity index (χ0n) is 19.0. The van der Waals surface area contributed by atoms with Crippen LogP contribution < -0.4 is 5.73 Å². The monoisotopic (exact) mass is 462 g/mol. The van der Waals surface area contributed by atoms with E-state index in [-0.39, 0.29) is 34.5 Å². The molecular weight excluding hydrogens is 433 g/mol. The van der Waals surface area contributed by atoms with Crippen LogP contribution in [-0.4, -0.2) is 46.2 Å². The quantitative estimate of drug-likeness (QED) is 0.623. The summed E-state index contributed by atoms with van der Waals surface area (Å²) in [4.78, 5) is 22.6. The maximum absolute atomic E-state index is 12.9. The van der Waals surface area contributed by atoms with Gasteiger partial charge in [0.2, 0.25) is 5.91 Å². The molecule has 3 N–H and O–H groups in total. The maximum atomic E-state index is 12.9. The Balaban J connectivity index is 0.00000149. The number of phenols is 1. The van der Waals surface area contributed by atoms with Crippen LogP contribution in [0.4, 0.5) is 19.0 Å². The molecular formula is C24H29F3N4O2. The van der Waals surface area contributed by atoms with Crippen LogP contribution in [0.5, 0.6) is 5.75 Å². The number of nitrogen functional groups attached to an aromatic ring is 1. The van der Waals surface area contributed by atoms with Crippen molar-refractivity contribution in [3.8, 4) is 17.0 Å². The highest BCUT2D eigenvalue weighted by Crippen LogP contribution is 2.38. The third kappa shape index (κ3) is 5.64. The van der Waals surface area contributed by atoms with E-state index in [1.807, 2.05) is 18.7 Å². The molecule has 1 saturated heterocycles. The van der Waals surface area contributed by atoms with Crippen molar-refractivity contribution in [2.24, 2.45) is 10.9 Å². The van der Waals surface area contributed by atoms with E-state index in [1.54, 1.807) is 18.3 Å². The molecule has 6 nitrogen and oxygen atoms in total. The van der Waals surface area contributed by atoms with Crippen molar-refractivity contribution in [2.45, 2.75) is 52.3 Å². The minimum absolute atomic E-state index is 0.155. The van der Waals surface area contributed by atoms with Gasteiger partial charge in [-0.2, -0.15) is 13.2 Å². The molecule has 2 fully saturated rings. The lowest BCUT2D eigenvalue weighted by molar-refractivity contribution is -0.137. The molecule has 2 heterocycles. The highest BCUT2D eigenvalue weighted by atomic mass is 19.4. The van der Waals surface area contributed by atoms with E-state index < -0.39 is 17.5 Å². The molecule has 0 radical (unpaired) electrons. The largest absolute Gasteiger partial charge is 0.507 e. The van der Waals surface area contributed by atoms with Crippen LogP contribution in [0.15, 0.2) is 29.3 Å². The fourth-order valence-corrected chi connectivity index (χ4v) is 3.97. The number of carbonyl (C=O) groups excluding carboxylic acids is 1. The smallest absolute Gasteiger partial charge is 0.416 e. The van der Waals surface area contributed by atoms with E-state index in [1.165, 1.54) is 6.92 Å². The Bertz CT molecular complexity index is 1030. The summed E-state index contributed by atoms with van der Waals surface area (Å²) in [5, 5.41) is 10.2. The summed E-state index contributed by atoms with van der Waals surface area (Å²) in [6.45, 7) is 6.72. The van der Waals surface area contributed by atoms with Crippen LogP contribution in [0.1, 0.15) is 49.8 Å². The minimum atomic E-state index is -4.55. The van der Waals surface area contributed by atoms with Crippen molar-refractivity contribution in [3.05, 3.63) is 41.0 Å². The third-order valence-electron chi connectivity index (χ3n) is 5.68. The number of phenolic OH excluding ortho intramolecular Hbond substituents is 1. The maximum Gasteiger partial charge on any atom is 0.416 e. The SMILES string of the molecule is CC.Cc1cc(C(F)(F)F)cc(O)c1-c1ccc(C=NCC2CC(=O)N(C3CC3)C2)c(N)n1. The Morgan fingerprint density at radius 1 is 1.27 bits per heavy atom. The molecule has 0 bridgehead atoms. The fourth-order valence-electron chi connectivity index (χ4n) is 3.97. The number of alkyl halides is 3. The molecule has 1 aliphatic carbocycles. The summed E-state index contributed by atoms with van der Waals surface area (Å²) in [7, 11) is 0. The summed E-state index contributed by atoms with van der Waals surface area (Å²) in [6, 6.07) is 5.31. The summed E-state index contributed by atoms with van der Waals surface area (Å²) in [5.41, 5.74) is 6.38. The van der Waals surface area contributed by atoms with E-state index >= 15 is 0 Å². The van der Waals surface area contributed by atoms with E-state index in [0.29, 0.717) is 30.6 Å². The highest BCUT2D eigenvalue weighted by Gasteiger charge is 2.39. The number of nitrogens with two attached hydrogens (primary N) is 1. The van der Waals surface area contributed by atoms with Gasteiger partial charge in [-0.25, -0.2) is 4.98 Å². The van der Waals surface area contributed by atoms with Crippen molar-refractivity contribution >= 4 is 17.9 Å². The van der Waals surface area contributed by atoms with Crippen LogP contribution in [0, 0.1) is 12.8 Å². The van der Waals surface area contributed by atoms with Gasteiger partial charge in [-0.3, -0.25) is 9.79 Å². The second-order valence-electron chi connectivity index (χ2n) is 8.20. The van der Waals surface area contributed by atoms with Gasteiger partial charge in [-0.1, -0.05) is 13.8 Å². The average molecular weight is 463 g/mol. The van der Waals surface area contributed by atoms with Crippen LogP contribution in [0.2, 0.25) is 0 Å². The van der Waals surface area contributed by atoms with Gasteiger partial charge in [0.25, 0.3) is 0 Å². The Kier molecular flexibility index (Phi) is 7.29. The van der Waals surface area contributed by atoms with Gasteiger partial charge in [0, 0.05) is 48.8 Å². The van der Waals surface area contributed by atoms with Gasteiger partial charge >= 0.3 is 6.18 Å². The van der Waals surface area contributed by atoms with Gasteiger partial charge < -0.3 is 15.7 Å². The molecule has 33 heavy (non-hydrogen) atoms. The zero-order valence-corrected chi connectivity index (χ0v) is 19.0. The lowest BCUT2D eigenvalue weighted by atomic mass is 10.00. The second kappa shape index (κ2) is 9.80. The number of aromatic hydroxyl groups is 1. The number of likely N-dealkylation sites (tertiary alicyclic amines) is 1. The molecule has 4 rings (SSSR count). The van der Waals surface area contributed by atoms with E-state index in [0.717, 1.165) is 25.5 Å². The number of nitrogens with zero attached hydrogens (tertiary/aromatic N) is 3. The second-order valence-corrected chi connectivity index (χ2v) is 8.20. The Morgan fingerprint density at radius 3 is 2.55 bits per heavy atom. The van der Waals surface area contributed by atoms with Crippen LogP contribution in [0.25, 0.3) is 11.3 Å². The predicted molar refractivity (Wildman–Crippen MR) is 122 cm³/mol. The topological polar surface area (TPSA) is 91.8 Å². The van der Waals surface area contributed by atoms with Gasteiger partial charge in [-0.15, -0.1) is 0 Å². The summed E-state index contributed by atoms with van der Waals surface area (Å²) in [5.74, 6) is 0.0262. The molecule has 0 spiro atoms. The molecule has 1 aromatic carbocycles. The highest BCUT2D eigenvalue weighted by molar-refractivity contribution is 5.87. The summed E-state index contributed by atoms with van der Waals surface area (Å²) >= 11 is 0. The standard InChI is InChI=1S/C22H23F3N4O2.C2H6/c1-12-6-15(22(23,24)25)8-18(30)20(12)17-5-2-14(21(26)28-17)10-27-9-13-7-19(31)29(11-13)16-3-4-16;1-2/h2,5-6,8,10,13,16,30H,3-4,7,9,11H2,1H3,(H2,26,28);1-2H3. The number of anilines is 1. The number of halogens is 3. The summed E-state index contributed by atoms with van der Waals surface area (Å²) < 4.78 is 38.8. The Labute approximate surface area is 191 Å². The van der Waals surface area contributed by atoms with Gasteiger partial charge in [0.05, 0.1) is 11.3 Å². The van der Waals surface area contributed by atoms with Crippen molar-refractivity contribution in [1.82, 2.24) is 9.88 Å². The lowest BCUT2D eigenvalue weighted by Gasteiger charge is -2.14. The molecule has 1 amide bonds. The fraction of sp³-hybridized carbons (Fsp3) is 0.458. The molecule has 1 aliphatic heterocycles. The number of benzene rings is 1. The first kappa shape index (κ1) is 24.5. The van der Waals surface area contributed by atoms with Crippen LogP contribution >= 0.6 is 0 Å². The average Bonchev–Trinajstić information content (AvgIpc) is 3.52. The molecule has 2 aromatic rings. The van der Waals surface area contributed by atoms with E-state index in [4.69, 9.17) is 5.73 Å². The number of pyridine rings is 1. The van der Waals surface area contributed by atoms with Crippen molar-refractivity contribution < 1.29 is 23.1 Å². The van der Waals surface area contributed by atoms with Gasteiger partial charge in [-0.05, 0) is 49.6 Å². The van der Waals surface area contributed by atoms with Gasteiger partial charge in [0.15, 0.2) is 0 Å². The van der Waals surface area contributed by atoms with Gasteiger partial charge in [0.1, 0.15) is 11.6 Å². The number of hydrogen-bond acceptors (Lipinski definition) is 5. The number of amides is 1. The molecule has 1 saturated carbocycles. The first-order valence-electron chi connectivity index (χ1n) is 11.1. The van der Waals surface area contributed by atoms with E-state index in [9.17, 15) is 23.1 Å². The first-order chi connectivity index (χ1) is 15.6. The lowest BCUT2D eigenvalue weighted by Crippen LogP contribution is -2.27. The number of hydrogen-bond donors (Lipinski definition) is 2. The number of carbonyl (C=O) groups is 1. The molecule has 1 aromatic heterocycles. The van der Waals surface area contributed by atoms with Crippen molar-refractivity contribution in [3.63, 3.8) is 0 Å². The molecule has 2 aliphatic rings. The molecule has 9 heteroatoms. The normalized spacial score (nSPS) is 18.5. The number of rotatable bonds is 5. The number of aryl methyl sites for hydroxylation is 1. The third-order valence-corrected chi connectivity index (χ3v) is 5.68. The molecule has 1 unspecified atom stereocenters. The van der Waals surface area contributed by atoms with Crippen molar-refractivity contribution in [1.29, 1.82) is 0 Å². The predicted octanol–water partition coefficient (Wildman–Crippen LogP) is 4.82. The van der Waals surface area contributed by atoms with Crippen LogP contribution in [-0.2, 0) is 11.0 Å². The minimum Gasteiger partial charge on any atom is -0.507 e. The number of aromatic nitrogens is 1. The van der Waals surface area contributed by atoms with E-state index in [2.05, 4.69) is 9.98 Å². The Hall–Kier alpha value is -3.10. The molecule has 1 atom stereocenters. The van der Waals surface area contributed by atoms with Crippen molar-refractivity contribution in [2.75, 3.05) is 18.8 Å². The Morgan fingerprint density at radius 2 is 1.97 bits per heavy atom. The number of aliphatic imine (C=N–C) groups is 1. The molecule has 178 valence electrons. The van der Waals surface area contributed by atoms with Crippen LogP contribution in [0.3, 0.4) is 0 Å². The zero-order chi connectivity index (χ0) is 24.3. The first-order valence-corrected chi connectivity index (χ1v) is 11.1.